The normalized spacial score (nSPS) is 14.7. The van der Waals surface area contributed by atoms with E-state index in [4.69, 9.17) is 22.3 Å². The molecule has 3 amide bonds. The summed E-state index contributed by atoms with van der Waals surface area (Å²) in [6.07, 6.45) is -0.645. The van der Waals surface area contributed by atoms with E-state index in [9.17, 15) is 24.3 Å². The van der Waals surface area contributed by atoms with E-state index in [1.54, 1.807) is 0 Å². The molecule has 4 atom stereocenters. The van der Waals surface area contributed by atoms with E-state index >= 15 is 0 Å². The Bertz CT molecular complexity index is 591. The van der Waals surface area contributed by atoms with Gasteiger partial charge in [-0.25, -0.2) is 0 Å². The zero-order valence-corrected chi connectivity index (χ0v) is 15.8. The predicted octanol–water partition coefficient (Wildman–Crippen LogP) is -4.06. The van der Waals surface area contributed by atoms with Crippen molar-refractivity contribution in [1.82, 2.24) is 16.0 Å². The van der Waals surface area contributed by atoms with Crippen molar-refractivity contribution in [2.45, 2.75) is 50.9 Å². The fourth-order valence-corrected chi connectivity index (χ4v) is 1.90. The number of aliphatic hydroxyl groups is 1. The maximum absolute atomic E-state index is 12.2. The molecule has 0 aromatic rings. The van der Waals surface area contributed by atoms with Gasteiger partial charge in [0.25, 0.3) is 0 Å². The zero-order chi connectivity index (χ0) is 21.9. The van der Waals surface area contributed by atoms with Crippen LogP contribution in [0.4, 0.5) is 0 Å². The number of carbonyl (C=O) groups is 4. The summed E-state index contributed by atoms with van der Waals surface area (Å²) in [7, 11) is 0. The molecular formula is C15H29N7O6. The van der Waals surface area contributed by atoms with Gasteiger partial charge in [-0.15, -0.1) is 0 Å². The number of nitrogens with zero attached hydrogens (tertiary/aromatic N) is 1. The molecular weight excluding hydrogens is 374 g/mol. The Balaban J connectivity index is 4.82. The molecule has 0 spiro atoms. The molecule has 0 saturated carbocycles. The number of carboxylic acid groups (broad SMARTS) is 1. The van der Waals surface area contributed by atoms with Crippen LogP contribution in [-0.2, 0) is 19.2 Å². The van der Waals surface area contributed by atoms with Crippen LogP contribution in [-0.4, -0.2) is 77.2 Å². The Kier molecular flexibility index (Phi) is 11.2. The van der Waals surface area contributed by atoms with Crippen molar-refractivity contribution >= 4 is 29.7 Å². The van der Waals surface area contributed by atoms with Gasteiger partial charge < -0.3 is 43.4 Å². The maximum Gasteiger partial charge on any atom is 0.325 e. The monoisotopic (exact) mass is 403 g/mol. The third-order valence-electron chi connectivity index (χ3n) is 3.57. The Morgan fingerprint density at radius 2 is 1.68 bits per heavy atom. The number of nitrogens with two attached hydrogens (primary N) is 3. The molecule has 28 heavy (non-hydrogen) atoms. The molecule has 13 heteroatoms. The Morgan fingerprint density at radius 3 is 2.18 bits per heavy atom. The molecule has 0 bridgehead atoms. The van der Waals surface area contributed by atoms with Gasteiger partial charge in [0, 0.05) is 6.54 Å². The number of carboxylic acids is 1. The molecule has 0 aromatic carbocycles. The second kappa shape index (κ2) is 12.5. The van der Waals surface area contributed by atoms with Crippen LogP contribution in [0.2, 0.25) is 0 Å². The average molecular weight is 403 g/mol. The second-order valence-electron chi connectivity index (χ2n) is 6.12. The van der Waals surface area contributed by atoms with Crippen molar-refractivity contribution in [1.29, 1.82) is 0 Å². The van der Waals surface area contributed by atoms with Crippen LogP contribution in [0.5, 0.6) is 0 Å². The second-order valence-corrected chi connectivity index (χ2v) is 6.12. The SMILES string of the molecule is C[C@H](NC(=O)[C@H](CCCN=C(N)N)NC(=O)CNC(=O)[C@@H](N)[C@@H](C)O)C(=O)O. The molecule has 13 nitrogen and oxygen atoms in total. The summed E-state index contributed by atoms with van der Waals surface area (Å²) >= 11 is 0. The number of aliphatic imine (C=N–C) groups is 1. The standard InChI is InChI=1S/C15H29N7O6/c1-7(14(27)28)21-12(25)9(4-3-5-19-15(17)18)22-10(24)6-20-13(26)11(16)8(2)23/h7-9,11,23H,3-6,16H2,1-2H3,(H,20,26)(H,21,25)(H,22,24)(H,27,28)(H4,17,18,19)/t7-,8+,9-,11-/m0/s1. The van der Waals surface area contributed by atoms with E-state index < -0.39 is 54.5 Å². The minimum absolute atomic E-state index is 0.123. The molecule has 0 unspecified atom stereocenters. The first-order chi connectivity index (χ1) is 13.0. The van der Waals surface area contributed by atoms with Crippen molar-refractivity contribution in [2.75, 3.05) is 13.1 Å². The van der Waals surface area contributed by atoms with Gasteiger partial charge in [0.1, 0.15) is 18.1 Å². The quantitative estimate of drug-likeness (QED) is 0.0897. The fraction of sp³-hybridized carbons (Fsp3) is 0.667. The van der Waals surface area contributed by atoms with Crippen LogP contribution >= 0.6 is 0 Å². The van der Waals surface area contributed by atoms with Gasteiger partial charge >= 0.3 is 5.97 Å². The number of carbonyl (C=O) groups excluding carboxylic acids is 3. The van der Waals surface area contributed by atoms with E-state index in [2.05, 4.69) is 20.9 Å². The Labute approximate surface area is 162 Å². The van der Waals surface area contributed by atoms with Crippen molar-refractivity contribution in [3.05, 3.63) is 0 Å². The van der Waals surface area contributed by atoms with E-state index in [1.165, 1.54) is 13.8 Å². The minimum Gasteiger partial charge on any atom is -0.480 e. The van der Waals surface area contributed by atoms with Gasteiger partial charge in [-0.1, -0.05) is 0 Å². The van der Waals surface area contributed by atoms with Crippen LogP contribution in [0.25, 0.3) is 0 Å². The number of rotatable bonds is 12. The molecule has 0 rings (SSSR count). The van der Waals surface area contributed by atoms with Gasteiger partial charge in [0.2, 0.25) is 17.7 Å². The van der Waals surface area contributed by atoms with Crippen molar-refractivity contribution < 1.29 is 29.4 Å². The summed E-state index contributed by atoms with van der Waals surface area (Å²) < 4.78 is 0. The van der Waals surface area contributed by atoms with Gasteiger partial charge in [-0.3, -0.25) is 24.2 Å². The van der Waals surface area contributed by atoms with Crippen LogP contribution in [0.15, 0.2) is 4.99 Å². The van der Waals surface area contributed by atoms with Crippen molar-refractivity contribution in [2.24, 2.45) is 22.2 Å². The van der Waals surface area contributed by atoms with Gasteiger partial charge in [0.05, 0.1) is 12.6 Å². The highest BCUT2D eigenvalue weighted by molar-refractivity contribution is 5.92. The van der Waals surface area contributed by atoms with E-state index in [0.717, 1.165) is 0 Å². The fourth-order valence-electron chi connectivity index (χ4n) is 1.90. The molecule has 0 aliphatic heterocycles. The third-order valence-corrected chi connectivity index (χ3v) is 3.57. The molecule has 0 fully saturated rings. The van der Waals surface area contributed by atoms with E-state index in [0.29, 0.717) is 6.42 Å². The molecule has 0 heterocycles. The lowest BCUT2D eigenvalue weighted by molar-refractivity contribution is -0.141. The zero-order valence-electron chi connectivity index (χ0n) is 15.8. The lowest BCUT2D eigenvalue weighted by atomic mass is 10.1. The number of guanidine groups is 1. The summed E-state index contributed by atoms with van der Waals surface area (Å²) in [4.78, 5) is 50.6. The third kappa shape index (κ3) is 10.3. The minimum atomic E-state index is -1.24. The van der Waals surface area contributed by atoms with Crippen LogP contribution in [0.3, 0.4) is 0 Å². The Hall–Kier alpha value is -2.93. The molecule has 0 aromatic heterocycles. The number of hydrogen-bond donors (Lipinski definition) is 8. The smallest absolute Gasteiger partial charge is 0.325 e. The number of aliphatic hydroxyl groups excluding tert-OH is 1. The molecule has 0 aliphatic carbocycles. The number of hydrogen-bond acceptors (Lipinski definition) is 7. The first kappa shape index (κ1) is 25.1. The lowest BCUT2D eigenvalue weighted by Gasteiger charge is -2.20. The lowest BCUT2D eigenvalue weighted by Crippen LogP contribution is -2.54. The summed E-state index contributed by atoms with van der Waals surface area (Å²) in [6.45, 7) is 2.32. The molecule has 11 N–H and O–H groups in total. The van der Waals surface area contributed by atoms with Crippen molar-refractivity contribution in [3.8, 4) is 0 Å². The maximum atomic E-state index is 12.2. The average Bonchev–Trinajstić information content (AvgIpc) is 2.60. The Morgan fingerprint density at radius 1 is 1.07 bits per heavy atom. The number of aliphatic carboxylic acids is 1. The molecule has 160 valence electrons. The molecule has 0 radical (unpaired) electrons. The van der Waals surface area contributed by atoms with E-state index in [1.807, 2.05) is 0 Å². The first-order valence-corrected chi connectivity index (χ1v) is 8.55. The number of amides is 3. The van der Waals surface area contributed by atoms with Gasteiger partial charge in [-0.2, -0.15) is 0 Å². The van der Waals surface area contributed by atoms with Crippen LogP contribution in [0.1, 0.15) is 26.7 Å². The summed E-state index contributed by atoms with van der Waals surface area (Å²) in [5, 5.41) is 25.0. The molecule has 0 saturated heterocycles. The highest BCUT2D eigenvalue weighted by atomic mass is 16.4. The van der Waals surface area contributed by atoms with Crippen LogP contribution < -0.4 is 33.2 Å². The molecule has 0 aliphatic rings. The highest BCUT2D eigenvalue weighted by Crippen LogP contribution is 2.00. The number of nitrogens with one attached hydrogen (secondary N) is 3. The van der Waals surface area contributed by atoms with Crippen LogP contribution in [0, 0.1) is 0 Å². The van der Waals surface area contributed by atoms with Gasteiger partial charge in [-0.05, 0) is 26.7 Å². The van der Waals surface area contributed by atoms with Crippen molar-refractivity contribution in [3.63, 3.8) is 0 Å². The van der Waals surface area contributed by atoms with E-state index in [-0.39, 0.29) is 18.9 Å². The highest BCUT2D eigenvalue weighted by Gasteiger charge is 2.25. The predicted molar refractivity (Wildman–Crippen MR) is 99.7 cm³/mol. The largest absolute Gasteiger partial charge is 0.480 e. The summed E-state index contributed by atoms with van der Waals surface area (Å²) in [5.74, 6) is -3.51. The first-order valence-electron chi connectivity index (χ1n) is 8.55. The summed E-state index contributed by atoms with van der Waals surface area (Å²) in [6, 6.07) is -3.43. The summed E-state index contributed by atoms with van der Waals surface area (Å²) in [5.41, 5.74) is 15.9. The topological polar surface area (TPSA) is 235 Å². The van der Waals surface area contributed by atoms with Gasteiger partial charge in [0.15, 0.2) is 5.96 Å².